The van der Waals surface area contributed by atoms with Crippen LogP contribution in [0.2, 0.25) is 0 Å². The number of carboxylic acids is 1. The van der Waals surface area contributed by atoms with Crippen molar-refractivity contribution in [2.75, 3.05) is 0 Å². The van der Waals surface area contributed by atoms with E-state index in [1.54, 1.807) is 24.5 Å². The van der Waals surface area contributed by atoms with Crippen molar-refractivity contribution in [3.05, 3.63) is 42.0 Å². The van der Waals surface area contributed by atoms with E-state index in [1.165, 1.54) is 13.1 Å². The van der Waals surface area contributed by atoms with Gasteiger partial charge < -0.3 is 5.11 Å². The molecule has 6 heteroatoms. The third-order valence-electron chi connectivity index (χ3n) is 2.31. The first kappa shape index (κ1) is 11.8. The number of Topliss-reactive ketones (excluding diaryl/α,β-unsaturated/α-hetero) is 1. The Labute approximate surface area is 102 Å². The monoisotopic (exact) mass is 243 g/mol. The number of carbonyl (C=O) groups excluding carboxylic acids is 1. The molecule has 0 unspecified atom stereocenters. The Morgan fingerprint density at radius 3 is 2.44 bits per heavy atom. The van der Waals surface area contributed by atoms with E-state index in [-0.39, 0.29) is 22.9 Å². The van der Waals surface area contributed by atoms with Crippen molar-refractivity contribution in [1.29, 1.82) is 0 Å². The minimum Gasteiger partial charge on any atom is -0.476 e. The van der Waals surface area contributed by atoms with Gasteiger partial charge in [0, 0.05) is 24.2 Å². The number of hydrogen-bond acceptors (Lipinski definition) is 5. The maximum Gasteiger partial charge on any atom is 0.355 e. The fourth-order valence-electron chi connectivity index (χ4n) is 1.44. The third kappa shape index (κ3) is 2.22. The van der Waals surface area contributed by atoms with Crippen LogP contribution in [-0.2, 0) is 0 Å². The zero-order valence-corrected chi connectivity index (χ0v) is 9.49. The first-order valence-electron chi connectivity index (χ1n) is 5.11. The molecule has 0 aliphatic rings. The molecule has 2 aromatic heterocycles. The fourth-order valence-corrected chi connectivity index (χ4v) is 1.44. The van der Waals surface area contributed by atoms with Crippen LogP contribution in [0, 0.1) is 0 Å². The molecule has 0 saturated carbocycles. The molecule has 18 heavy (non-hydrogen) atoms. The molecule has 0 aromatic carbocycles. The number of nitrogens with zero attached hydrogens (tertiary/aromatic N) is 3. The summed E-state index contributed by atoms with van der Waals surface area (Å²) in [5.41, 5.74) is 0.354. The van der Waals surface area contributed by atoms with E-state index in [4.69, 9.17) is 5.11 Å². The molecular weight excluding hydrogens is 234 g/mol. The van der Waals surface area contributed by atoms with E-state index in [9.17, 15) is 9.59 Å². The van der Waals surface area contributed by atoms with E-state index in [1.807, 2.05) is 0 Å². The van der Waals surface area contributed by atoms with Crippen LogP contribution in [0.3, 0.4) is 0 Å². The smallest absolute Gasteiger partial charge is 0.355 e. The van der Waals surface area contributed by atoms with Crippen molar-refractivity contribution < 1.29 is 14.7 Å². The summed E-state index contributed by atoms with van der Waals surface area (Å²) in [6.07, 6.45) is 4.34. The van der Waals surface area contributed by atoms with Gasteiger partial charge in [-0.15, -0.1) is 0 Å². The average molecular weight is 243 g/mol. The van der Waals surface area contributed by atoms with Crippen molar-refractivity contribution in [2.45, 2.75) is 6.92 Å². The van der Waals surface area contributed by atoms with Crippen molar-refractivity contribution in [3.63, 3.8) is 0 Å². The predicted octanol–water partition coefficient (Wildman–Crippen LogP) is 1.44. The van der Waals surface area contributed by atoms with Gasteiger partial charge in [0.1, 0.15) is 0 Å². The second kappa shape index (κ2) is 4.70. The first-order valence-corrected chi connectivity index (χ1v) is 5.11. The molecule has 0 fully saturated rings. The van der Waals surface area contributed by atoms with Crippen LogP contribution in [0.15, 0.2) is 30.7 Å². The van der Waals surface area contributed by atoms with Gasteiger partial charge in [-0.2, -0.15) is 0 Å². The average Bonchev–Trinajstić information content (AvgIpc) is 2.39. The number of hydrogen-bond donors (Lipinski definition) is 1. The minimum absolute atomic E-state index is 0.000283. The quantitative estimate of drug-likeness (QED) is 0.820. The van der Waals surface area contributed by atoms with Gasteiger partial charge in [0.05, 0.1) is 5.56 Å². The Bertz CT molecular complexity index is 611. The predicted molar refractivity (Wildman–Crippen MR) is 62.2 cm³/mol. The highest BCUT2D eigenvalue weighted by Crippen LogP contribution is 2.15. The molecule has 2 aromatic rings. The van der Waals surface area contributed by atoms with Gasteiger partial charge in [-0.05, 0) is 19.1 Å². The number of carbonyl (C=O) groups is 2. The second-order valence-electron chi connectivity index (χ2n) is 3.55. The zero-order valence-electron chi connectivity index (χ0n) is 9.49. The van der Waals surface area contributed by atoms with Gasteiger partial charge in [-0.1, -0.05) is 0 Å². The van der Waals surface area contributed by atoms with Crippen molar-refractivity contribution in [1.82, 2.24) is 15.0 Å². The normalized spacial score (nSPS) is 10.1. The lowest BCUT2D eigenvalue weighted by atomic mass is 10.1. The van der Waals surface area contributed by atoms with Gasteiger partial charge in [-0.3, -0.25) is 9.78 Å². The summed E-state index contributed by atoms with van der Waals surface area (Å²) >= 11 is 0. The summed E-state index contributed by atoms with van der Waals surface area (Å²) < 4.78 is 0. The molecule has 0 amide bonds. The summed E-state index contributed by atoms with van der Waals surface area (Å²) in [7, 11) is 0. The Morgan fingerprint density at radius 1 is 1.22 bits per heavy atom. The van der Waals surface area contributed by atoms with E-state index in [2.05, 4.69) is 15.0 Å². The van der Waals surface area contributed by atoms with Crippen LogP contribution in [0.4, 0.5) is 0 Å². The third-order valence-corrected chi connectivity index (χ3v) is 2.31. The maximum atomic E-state index is 11.3. The van der Waals surface area contributed by atoms with Crippen LogP contribution in [0.5, 0.6) is 0 Å². The molecule has 0 spiro atoms. The molecular formula is C12H9N3O3. The van der Waals surface area contributed by atoms with Gasteiger partial charge >= 0.3 is 5.97 Å². The molecule has 6 nitrogen and oxygen atoms in total. The molecule has 0 saturated heterocycles. The van der Waals surface area contributed by atoms with E-state index >= 15 is 0 Å². The molecule has 0 bridgehead atoms. The summed E-state index contributed by atoms with van der Waals surface area (Å²) in [6, 6.07) is 3.32. The number of aromatic carboxylic acids is 1. The SMILES string of the molecule is CC(=O)c1cnc(-c2ccncc2)nc1C(=O)O. The van der Waals surface area contributed by atoms with Crippen molar-refractivity contribution in [2.24, 2.45) is 0 Å². The van der Waals surface area contributed by atoms with Crippen LogP contribution in [-0.4, -0.2) is 31.8 Å². The number of rotatable bonds is 3. The molecule has 1 N–H and O–H groups in total. The molecule has 90 valence electrons. The maximum absolute atomic E-state index is 11.3. The largest absolute Gasteiger partial charge is 0.476 e. The number of pyridine rings is 1. The van der Waals surface area contributed by atoms with E-state index < -0.39 is 5.97 Å². The van der Waals surface area contributed by atoms with E-state index in [0.717, 1.165) is 0 Å². The molecule has 0 radical (unpaired) electrons. The standard InChI is InChI=1S/C12H9N3O3/c1-7(16)9-6-14-11(15-10(9)12(17)18)8-2-4-13-5-3-8/h2-6H,1H3,(H,17,18). The highest BCUT2D eigenvalue weighted by molar-refractivity contribution is 6.03. The molecule has 2 rings (SSSR count). The summed E-state index contributed by atoms with van der Waals surface area (Å²) in [5, 5.41) is 9.03. The lowest BCUT2D eigenvalue weighted by Crippen LogP contribution is -2.11. The highest BCUT2D eigenvalue weighted by atomic mass is 16.4. The van der Waals surface area contributed by atoms with Crippen LogP contribution in [0.1, 0.15) is 27.8 Å². The fraction of sp³-hybridized carbons (Fsp3) is 0.0833. The molecule has 2 heterocycles. The Hall–Kier alpha value is -2.63. The lowest BCUT2D eigenvalue weighted by molar-refractivity contribution is 0.0685. The highest BCUT2D eigenvalue weighted by Gasteiger charge is 2.17. The molecule has 0 aliphatic heterocycles. The zero-order chi connectivity index (χ0) is 13.1. The van der Waals surface area contributed by atoms with Crippen LogP contribution in [0.25, 0.3) is 11.4 Å². The number of ketones is 1. The van der Waals surface area contributed by atoms with E-state index in [0.29, 0.717) is 5.56 Å². The first-order chi connectivity index (χ1) is 8.59. The van der Waals surface area contributed by atoms with Gasteiger partial charge in [0.2, 0.25) is 0 Å². The van der Waals surface area contributed by atoms with Gasteiger partial charge in [-0.25, -0.2) is 14.8 Å². The molecule has 0 aliphatic carbocycles. The summed E-state index contributed by atoms with van der Waals surface area (Å²) in [4.78, 5) is 34.1. The number of carboxylic acid groups (broad SMARTS) is 1. The van der Waals surface area contributed by atoms with Crippen LogP contribution >= 0.6 is 0 Å². The molecule has 0 atom stereocenters. The minimum atomic E-state index is -1.25. The van der Waals surface area contributed by atoms with Gasteiger partial charge in [0.25, 0.3) is 0 Å². The van der Waals surface area contributed by atoms with Crippen molar-refractivity contribution in [3.8, 4) is 11.4 Å². The summed E-state index contributed by atoms with van der Waals surface area (Å²) in [5.74, 6) is -1.38. The van der Waals surface area contributed by atoms with Crippen LogP contribution < -0.4 is 0 Å². The second-order valence-corrected chi connectivity index (χ2v) is 3.55. The summed E-state index contributed by atoms with van der Waals surface area (Å²) in [6.45, 7) is 1.28. The van der Waals surface area contributed by atoms with Crippen molar-refractivity contribution >= 4 is 11.8 Å². The Balaban J connectivity index is 2.57. The number of aromatic nitrogens is 3. The Kier molecular flexibility index (Phi) is 3.09. The topological polar surface area (TPSA) is 93.0 Å². The lowest BCUT2D eigenvalue weighted by Gasteiger charge is -2.04. The Morgan fingerprint density at radius 2 is 1.89 bits per heavy atom. The van der Waals surface area contributed by atoms with Gasteiger partial charge in [0.15, 0.2) is 17.3 Å².